The van der Waals surface area contributed by atoms with Crippen LogP contribution in [0, 0.1) is 29.6 Å². The van der Waals surface area contributed by atoms with E-state index in [0.29, 0.717) is 5.92 Å². The molecule has 39 heavy (non-hydrogen) atoms. The maximum Gasteiger partial charge on any atom is 0.192 e. The van der Waals surface area contributed by atoms with E-state index >= 15 is 0 Å². The first kappa shape index (κ1) is 38.5. The Bertz CT molecular complexity index is 763. The molecule has 0 unspecified atom stereocenters. The third kappa shape index (κ3) is 12.1. The first-order valence-electron chi connectivity index (χ1n) is 15.3. The average Bonchev–Trinajstić information content (AvgIpc) is 2.80. The van der Waals surface area contributed by atoms with Crippen LogP contribution < -0.4 is 0 Å². The van der Waals surface area contributed by atoms with Crippen molar-refractivity contribution in [3.8, 4) is 0 Å². The second-order valence-electron chi connectivity index (χ2n) is 15.5. The van der Waals surface area contributed by atoms with Crippen LogP contribution in [0.4, 0.5) is 0 Å². The summed E-state index contributed by atoms with van der Waals surface area (Å²) in [5, 5.41) is 11.4. The largest absolute Gasteiger partial charge is 0.414 e. The molecule has 230 valence electrons. The van der Waals surface area contributed by atoms with Gasteiger partial charge in [0, 0.05) is 17.8 Å². The van der Waals surface area contributed by atoms with Gasteiger partial charge in [0.15, 0.2) is 16.6 Å². The van der Waals surface area contributed by atoms with Crippen LogP contribution in [0.3, 0.4) is 0 Å². The van der Waals surface area contributed by atoms with Crippen molar-refractivity contribution in [3.63, 3.8) is 0 Å². The molecule has 0 saturated heterocycles. The molecule has 0 radical (unpaired) electrons. The Labute approximate surface area is 245 Å². The Kier molecular flexibility index (Phi) is 15.4. The van der Waals surface area contributed by atoms with E-state index in [0.717, 1.165) is 25.5 Å². The first-order chi connectivity index (χ1) is 17.5. The van der Waals surface area contributed by atoms with Gasteiger partial charge in [0.2, 0.25) is 0 Å². The van der Waals surface area contributed by atoms with E-state index < -0.39 is 22.7 Å². The maximum absolute atomic E-state index is 11.8. The fraction of sp³-hybridized carbons (Fsp3) is 0.848. The van der Waals surface area contributed by atoms with Gasteiger partial charge in [-0.2, -0.15) is 0 Å². The minimum Gasteiger partial charge on any atom is -0.414 e. The van der Waals surface area contributed by atoms with Crippen molar-refractivity contribution in [1.82, 2.24) is 0 Å². The molecule has 0 rings (SSSR count). The topological polar surface area (TPSA) is 55.8 Å². The van der Waals surface area contributed by atoms with Crippen LogP contribution in [0.5, 0.6) is 0 Å². The molecular weight excluding hydrogens is 517 g/mol. The van der Waals surface area contributed by atoms with Crippen molar-refractivity contribution in [2.24, 2.45) is 29.6 Å². The molecule has 0 aliphatic heterocycles. The number of carbonyl (C=O) groups excluding carboxylic acids is 1. The molecule has 0 aliphatic carbocycles. The molecule has 0 bridgehead atoms. The number of aliphatic hydroxyl groups is 1. The summed E-state index contributed by atoms with van der Waals surface area (Å²) in [5.41, 5.74) is 0. The second-order valence-corrected chi connectivity index (χ2v) is 25.0. The summed E-state index contributed by atoms with van der Waals surface area (Å²) in [6, 6.07) is 0. The van der Waals surface area contributed by atoms with Crippen LogP contribution in [0.2, 0.25) is 36.3 Å². The number of allylic oxidation sites excluding steroid dienone is 2. The second kappa shape index (κ2) is 15.6. The molecule has 0 aliphatic rings. The van der Waals surface area contributed by atoms with Gasteiger partial charge < -0.3 is 18.8 Å². The zero-order valence-corrected chi connectivity index (χ0v) is 30.4. The number of carbonyl (C=O) groups is 1. The summed E-state index contributed by atoms with van der Waals surface area (Å²) in [7, 11) is -4.03. The van der Waals surface area contributed by atoms with E-state index in [4.69, 9.17) is 8.85 Å². The van der Waals surface area contributed by atoms with Gasteiger partial charge in [-0.15, -0.1) is 0 Å². The summed E-state index contributed by atoms with van der Waals surface area (Å²) in [5.74, 6) is 0.645. The van der Waals surface area contributed by atoms with Crippen LogP contribution >= 0.6 is 0 Å². The first-order valence-corrected chi connectivity index (χ1v) is 21.1. The van der Waals surface area contributed by atoms with Crippen LogP contribution in [-0.2, 0) is 13.6 Å². The smallest absolute Gasteiger partial charge is 0.192 e. The molecule has 0 amide bonds. The van der Waals surface area contributed by atoms with Crippen molar-refractivity contribution in [3.05, 3.63) is 24.8 Å². The van der Waals surface area contributed by atoms with Gasteiger partial charge >= 0.3 is 0 Å². The normalized spacial score (nSPS) is 20.1. The SMILES string of the molecule is C=C/C=C\[C@H](C)[C@H](O)[C@@H](C)[C@@H](CC[C@H](C)C[C@H](C)[C@@H](O[Si](C)(C)C(C)(C)C)[C@H](C)C=O)O[Si](C)(C)C(C)(C)C. The monoisotopic (exact) mass is 582 g/mol. The van der Waals surface area contributed by atoms with Gasteiger partial charge in [0.25, 0.3) is 0 Å². The molecule has 4 nitrogen and oxygen atoms in total. The molecule has 0 aromatic heterocycles. The molecule has 1 N–H and O–H groups in total. The van der Waals surface area contributed by atoms with E-state index in [1.807, 2.05) is 19.1 Å². The van der Waals surface area contributed by atoms with Crippen LogP contribution in [0.1, 0.15) is 95.4 Å². The lowest BCUT2D eigenvalue weighted by Crippen LogP contribution is -2.48. The Morgan fingerprint density at radius 1 is 0.821 bits per heavy atom. The highest BCUT2D eigenvalue weighted by Gasteiger charge is 2.43. The van der Waals surface area contributed by atoms with Crippen molar-refractivity contribution in [2.75, 3.05) is 0 Å². The summed E-state index contributed by atoms with van der Waals surface area (Å²) in [6.45, 7) is 37.2. The molecular formula is C33H66O4Si2. The molecule has 6 heteroatoms. The Hall–Kier alpha value is -0.536. The fourth-order valence-electron chi connectivity index (χ4n) is 4.72. The van der Waals surface area contributed by atoms with E-state index in [9.17, 15) is 9.90 Å². The standard InChI is InChI=1S/C33H66O4Si2/c1-17-18-19-25(3)30(35)28(6)29(36-38(13,14)32(7,8)9)21-20-24(2)22-26(4)31(27(5)23-34)37-39(15,16)33(10,11)12/h17-19,23-31,35H,1,20-22H2,2-16H3/b19-18-/t24-,25-,26-,27+,28-,29+,30-,31+/m0/s1. The predicted molar refractivity (Wildman–Crippen MR) is 175 cm³/mol. The van der Waals surface area contributed by atoms with Crippen molar-refractivity contribution in [1.29, 1.82) is 0 Å². The number of aldehydes is 1. The van der Waals surface area contributed by atoms with E-state index in [2.05, 4.69) is 102 Å². The van der Waals surface area contributed by atoms with E-state index in [-0.39, 0.29) is 46.0 Å². The lowest BCUT2D eigenvalue weighted by Gasteiger charge is -2.43. The molecule has 8 atom stereocenters. The maximum atomic E-state index is 11.8. The van der Waals surface area contributed by atoms with Crippen molar-refractivity contribution < 1.29 is 18.8 Å². The summed E-state index contributed by atoms with van der Waals surface area (Å²) in [6.07, 6.45) is 9.12. The number of hydrogen-bond acceptors (Lipinski definition) is 4. The summed E-state index contributed by atoms with van der Waals surface area (Å²) < 4.78 is 13.8. The van der Waals surface area contributed by atoms with Crippen LogP contribution in [-0.4, -0.2) is 46.3 Å². The molecule has 0 spiro atoms. The highest BCUT2D eigenvalue weighted by atomic mass is 28.4. The van der Waals surface area contributed by atoms with Crippen LogP contribution in [0.25, 0.3) is 0 Å². The van der Waals surface area contributed by atoms with Crippen molar-refractivity contribution >= 4 is 22.9 Å². The highest BCUT2D eigenvalue weighted by Crippen LogP contribution is 2.41. The fourth-order valence-corrected chi connectivity index (χ4v) is 7.65. The molecule has 0 saturated carbocycles. The van der Waals surface area contributed by atoms with Gasteiger partial charge in [-0.3, -0.25) is 0 Å². The zero-order chi connectivity index (χ0) is 31.0. The molecule has 0 heterocycles. The minimum absolute atomic E-state index is 0.00796. The number of hydrogen-bond donors (Lipinski definition) is 1. The average molecular weight is 583 g/mol. The Morgan fingerprint density at radius 3 is 1.74 bits per heavy atom. The highest BCUT2D eigenvalue weighted by molar-refractivity contribution is 6.74. The molecule has 0 aromatic carbocycles. The van der Waals surface area contributed by atoms with Gasteiger partial charge in [0.05, 0.1) is 18.3 Å². The summed E-state index contributed by atoms with van der Waals surface area (Å²) in [4.78, 5) is 11.8. The van der Waals surface area contributed by atoms with Crippen LogP contribution in [0.15, 0.2) is 24.8 Å². The van der Waals surface area contributed by atoms with Crippen molar-refractivity contribution in [2.45, 2.75) is 150 Å². The lowest BCUT2D eigenvalue weighted by atomic mass is 9.83. The van der Waals surface area contributed by atoms with E-state index in [1.165, 1.54) is 0 Å². The summed E-state index contributed by atoms with van der Waals surface area (Å²) >= 11 is 0. The lowest BCUT2D eigenvalue weighted by molar-refractivity contribution is -0.114. The third-order valence-corrected chi connectivity index (χ3v) is 18.7. The minimum atomic E-state index is -2.02. The van der Waals surface area contributed by atoms with Gasteiger partial charge in [0.1, 0.15) is 6.29 Å². The quantitative estimate of drug-likeness (QED) is 0.105. The predicted octanol–water partition coefficient (Wildman–Crippen LogP) is 9.42. The Morgan fingerprint density at radius 2 is 1.31 bits per heavy atom. The zero-order valence-electron chi connectivity index (χ0n) is 28.4. The Balaban J connectivity index is 5.72. The van der Waals surface area contributed by atoms with Gasteiger partial charge in [-0.05, 0) is 67.4 Å². The van der Waals surface area contributed by atoms with E-state index in [1.54, 1.807) is 6.08 Å². The van der Waals surface area contributed by atoms with Gasteiger partial charge in [-0.1, -0.05) is 101 Å². The number of rotatable bonds is 17. The van der Waals surface area contributed by atoms with Gasteiger partial charge in [-0.25, -0.2) is 0 Å². The molecule has 0 aromatic rings. The third-order valence-electron chi connectivity index (χ3n) is 9.72. The molecule has 0 fully saturated rings. The number of aliphatic hydroxyl groups excluding tert-OH is 1.